The average molecular weight is 260 g/mol. The van der Waals surface area contributed by atoms with Crippen LogP contribution in [-0.2, 0) is 0 Å². The molecule has 1 aromatic heterocycles. The van der Waals surface area contributed by atoms with Crippen LogP contribution in [0.5, 0.6) is 0 Å². The summed E-state index contributed by atoms with van der Waals surface area (Å²) in [6.07, 6.45) is 5.43. The number of aromatic nitrogens is 1. The molecular formula is C15H20N2S. The Balaban J connectivity index is 1.74. The number of hydrogen-bond donors (Lipinski definition) is 1. The Hall–Kier alpha value is -1.09. The highest BCUT2D eigenvalue weighted by molar-refractivity contribution is 7.22. The predicted octanol–water partition coefficient (Wildman–Crippen LogP) is 4.60. The van der Waals surface area contributed by atoms with Crippen molar-refractivity contribution in [2.75, 3.05) is 11.9 Å². The molecule has 1 saturated carbocycles. The first-order chi connectivity index (χ1) is 8.71. The highest BCUT2D eigenvalue weighted by Gasteiger charge is 2.34. The van der Waals surface area contributed by atoms with Crippen LogP contribution in [0.2, 0.25) is 0 Å². The van der Waals surface area contributed by atoms with Gasteiger partial charge in [-0.1, -0.05) is 30.7 Å². The molecule has 0 aliphatic heterocycles. The quantitative estimate of drug-likeness (QED) is 0.869. The number of nitrogens with zero attached hydrogens (tertiary/aromatic N) is 1. The van der Waals surface area contributed by atoms with Crippen LogP contribution < -0.4 is 5.32 Å². The fraction of sp³-hybridized carbons (Fsp3) is 0.533. The molecule has 1 N–H and O–H groups in total. The summed E-state index contributed by atoms with van der Waals surface area (Å²) >= 11 is 1.77. The van der Waals surface area contributed by atoms with Crippen LogP contribution >= 0.6 is 11.3 Å². The molecule has 1 fully saturated rings. The van der Waals surface area contributed by atoms with Crippen LogP contribution in [0.4, 0.5) is 5.13 Å². The van der Waals surface area contributed by atoms with Gasteiger partial charge in [0.1, 0.15) is 0 Å². The van der Waals surface area contributed by atoms with E-state index in [1.54, 1.807) is 11.3 Å². The van der Waals surface area contributed by atoms with E-state index in [9.17, 15) is 0 Å². The lowest BCUT2D eigenvalue weighted by atomic mass is 9.67. The van der Waals surface area contributed by atoms with Crippen molar-refractivity contribution in [2.24, 2.45) is 5.41 Å². The summed E-state index contributed by atoms with van der Waals surface area (Å²) in [5, 5.41) is 4.63. The third-order valence-electron chi connectivity index (χ3n) is 4.32. The number of thiazole rings is 1. The lowest BCUT2D eigenvalue weighted by Crippen LogP contribution is -2.35. The molecule has 1 heterocycles. The SMILES string of the molecule is CCC1(CNc2nc3ccc(C)cc3s2)CCC1. The van der Waals surface area contributed by atoms with E-state index >= 15 is 0 Å². The zero-order valence-electron chi connectivity index (χ0n) is 11.1. The van der Waals surface area contributed by atoms with E-state index in [4.69, 9.17) is 0 Å². The molecule has 0 bridgehead atoms. The summed E-state index contributed by atoms with van der Waals surface area (Å²) in [6, 6.07) is 6.47. The highest BCUT2D eigenvalue weighted by atomic mass is 32.1. The van der Waals surface area contributed by atoms with Gasteiger partial charge >= 0.3 is 0 Å². The molecule has 0 atom stereocenters. The van der Waals surface area contributed by atoms with Gasteiger partial charge in [-0.3, -0.25) is 0 Å². The molecule has 96 valence electrons. The second-order valence-corrected chi connectivity index (χ2v) is 6.58. The van der Waals surface area contributed by atoms with Crippen molar-refractivity contribution in [2.45, 2.75) is 39.5 Å². The van der Waals surface area contributed by atoms with Crippen molar-refractivity contribution in [3.05, 3.63) is 23.8 Å². The van der Waals surface area contributed by atoms with E-state index in [0.29, 0.717) is 5.41 Å². The van der Waals surface area contributed by atoms with Crippen LogP contribution in [0.15, 0.2) is 18.2 Å². The highest BCUT2D eigenvalue weighted by Crippen LogP contribution is 2.44. The van der Waals surface area contributed by atoms with Crippen molar-refractivity contribution < 1.29 is 0 Å². The summed E-state index contributed by atoms with van der Waals surface area (Å²) in [5.74, 6) is 0. The average Bonchev–Trinajstić information content (AvgIpc) is 2.70. The molecule has 1 aliphatic carbocycles. The number of benzene rings is 1. The Bertz CT molecular complexity index is 549. The minimum atomic E-state index is 0.549. The van der Waals surface area contributed by atoms with E-state index in [1.807, 2.05) is 0 Å². The first-order valence-corrected chi connectivity index (χ1v) is 7.63. The Morgan fingerprint density at radius 3 is 2.89 bits per heavy atom. The van der Waals surface area contributed by atoms with Gasteiger partial charge in [-0.15, -0.1) is 0 Å². The normalized spacial score (nSPS) is 17.7. The van der Waals surface area contributed by atoms with E-state index < -0.39 is 0 Å². The Morgan fingerprint density at radius 2 is 2.22 bits per heavy atom. The summed E-state index contributed by atoms with van der Waals surface area (Å²) in [6.45, 7) is 5.53. The molecule has 0 radical (unpaired) electrons. The van der Waals surface area contributed by atoms with Crippen LogP contribution in [0.25, 0.3) is 10.2 Å². The molecule has 3 heteroatoms. The van der Waals surface area contributed by atoms with E-state index in [1.165, 1.54) is 35.9 Å². The van der Waals surface area contributed by atoms with Crippen molar-refractivity contribution >= 4 is 26.7 Å². The summed E-state index contributed by atoms with van der Waals surface area (Å²) in [4.78, 5) is 4.66. The molecule has 0 saturated heterocycles. The third-order valence-corrected chi connectivity index (χ3v) is 5.30. The van der Waals surface area contributed by atoms with Gasteiger partial charge in [0.2, 0.25) is 0 Å². The Labute approximate surface area is 112 Å². The molecule has 3 rings (SSSR count). The molecule has 18 heavy (non-hydrogen) atoms. The number of anilines is 1. The van der Waals surface area contributed by atoms with Gasteiger partial charge < -0.3 is 5.32 Å². The molecule has 0 unspecified atom stereocenters. The molecule has 2 nitrogen and oxygen atoms in total. The maximum absolute atomic E-state index is 4.66. The minimum absolute atomic E-state index is 0.549. The standard InChI is InChI=1S/C15H20N2S/c1-3-15(7-4-8-15)10-16-14-17-12-6-5-11(2)9-13(12)18-14/h5-6,9H,3-4,7-8,10H2,1-2H3,(H,16,17). The zero-order valence-corrected chi connectivity index (χ0v) is 11.9. The summed E-state index contributed by atoms with van der Waals surface area (Å²) in [7, 11) is 0. The lowest BCUT2D eigenvalue weighted by Gasteiger charge is -2.41. The fourth-order valence-corrected chi connectivity index (χ4v) is 3.66. The number of hydrogen-bond acceptors (Lipinski definition) is 3. The second-order valence-electron chi connectivity index (χ2n) is 5.55. The van der Waals surface area contributed by atoms with Gasteiger partial charge in [-0.25, -0.2) is 4.98 Å². The van der Waals surface area contributed by atoms with Gasteiger partial charge in [0.25, 0.3) is 0 Å². The fourth-order valence-electron chi connectivity index (χ4n) is 2.70. The lowest BCUT2D eigenvalue weighted by molar-refractivity contribution is 0.145. The van der Waals surface area contributed by atoms with Gasteiger partial charge in [0.05, 0.1) is 10.2 Å². The number of fused-ring (bicyclic) bond motifs is 1. The van der Waals surface area contributed by atoms with Crippen LogP contribution in [0.3, 0.4) is 0 Å². The Kier molecular flexibility index (Phi) is 3.02. The smallest absolute Gasteiger partial charge is 0.183 e. The van der Waals surface area contributed by atoms with Crippen molar-refractivity contribution in [3.63, 3.8) is 0 Å². The van der Waals surface area contributed by atoms with Gasteiger partial charge in [-0.05, 0) is 49.3 Å². The maximum Gasteiger partial charge on any atom is 0.183 e. The van der Waals surface area contributed by atoms with Gasteiger partial charge in [0, 0.05) is 6.54 Å². The molecule has 2 aromatic rings. The minimum Gasteiger partial charge on any atom is -0.361 e. The van der Waals surface area contributed by atoms with Crippen LogP contribution in [0.1, 0.15) is 38.2 Å². The van der Waals surface area contributed by atoms with E-state index in [-0.39, 0.29) is 0 Å². The number of rotatable bonds is 4. The Morgan fingerprint density at radius 1 is 1.39 bits per heavy atom. The number of aryl methyl sites for hydroxylation is 1. The summed E-state index contributed by atoms with van der Waals surface area (Å²) < 4.78 is 1.29. The largest absolute Gasteiger partial charge is 0.361 e. The zero-order chi connectivity index (χ0) is 12.6. The molecule has 1 aromatic carbocycles. The molecule has 1 aliphatic rings. The second kappa shape index (κ2) is 4.54. The first-order valence-electron chi connectivity index (χ1n) is 6.82. The first kappa shape index (κ1) is 12.0. The van der Waals surface area contributed by atoms with E-state index in [0.717, 1.165) is 17.2 Å². The van der Waals surface area contributed by atoms with Crippen molar-refractivity contribution in [1.29, 1.82) is 0 Å². The van der Waals surface area contributed by atoms with Crippen molar-refractivity contribution in [1.82, 2.24) is 4.98 Å². The van der Waals surface area contributed by atoms with Crippen LogP contribution in [0, 0.1) is 12.3 Å². The topological polar surface area (TPSA) is 24.9 Å². The molecule has 0 amide bonds. The monoisotopic (exact) mass is 260 g/mol. The summed E-state index contributed by atoms with van der Waals surface area (Å²) in [5.41, 5.74) is 2.97. The predicted molar refractivity (Wildman–Crippen MR) is 79.4 cm³/mol. The van der Waals surface area contributed by atoms with Gasteiger partial charge in [-0.2, -0.15) is 0 Å². The van der Waals surface area contributed by atoms with Gasteiger partial charge in [0.15, 0.2) is 5.13 Å². The maximum atomic E-state index is 4.66. The van der Waals surface area contributed by atoms with Crippen molar-refractivity contribution in [3.8, 4) is 0 Å². The molecule has 0 spiro atoms. The third kappa shape index (κ3) is 2.12. The molecular weight excluding hydrogens is 240 g/mol. The number of nitrogens with one attached hydrogen (secondary N) is 1. The van der Waals surface area contributed by atoms with Crippen LogP contribution in [-0.4, -0.2) is 11.5 Å². The van der Waals surface area contributed by atoms with E-state index in [2.05, 4.69) is 42.3 Å².